The van der Waals surface area contributed by atoms with Gasteiger partial charge in [0.2, 0.25) is 0 Å². The van der Waals surface area contributed by atoms with Gasteiger partial charge in [-0.3, -0.25) is 0 Å². The van der Waals surface area contributed by atoms with E-state index >= 15 is 0 Å². The van der Waals surface area contributed by atoms with Crippen molar-refractivity contribution < 1.29 is 28.9 Å². The number of hydrogen-bond donors (Lipinski definition) is 1. The van der Waals surface area contributed by atoms with Gasteiger partial charge >= 0.3 is 12.1 Å². The molecule has 0 bridgehead atoms. The van der Waals surface area contributed by atoms with E-state index in [0.29, 0.717) is 12.8 Å². The second-order valence-electron chi connectivity index (χ2n) is 5.70. The molecule has 1 fully saturated rings. The van der Waals surface area contributed by atoms with Crippen molar-refractivity contribution in [2.24, 2.45) is 0 Å². The molecular formula is C17H18N2O6. The predicted molar refractivity (Wildman–Crippen MR) is 84.5 cm³/mol. The molecule has 0 aliphatic heterocycles. The molecular weight excluding hydrogens is 328 g/mol. The Hall–Kier alpha value is -2.87. The van der Waals surface area contributed by atoms with Crippen LogP contribution >= 0.6 is 0 Å². The summed E-state index contributed by atoms with van der Waals surface area (Å²) < 4.78 is 16.3. The third kappa shape index (κ3) is 3.80. The Morgan fingerprint density at radius 1 is 1.28 bits per heavy atom. The zero-order chi connectivity index (χ0) is 17.9. The van der Waals surface area contributed by atoms with E-state index in [1.165, 1.54) is 6.20 Å². The molecule has 25 heavy (non-hydrogen) atoms. The highest BCUT2D eigenvalue weighted by Gasteiger charge is 2.52. The third-order valence-corrected chi connectivity index (χ3v) is 3.96. The first-order valence-corrected chi connectivity index (χ1v) is 7.81. The maximum atomic E-state index is 12.5. The molecule has 1 saturated carbocycles. The van der Waals surface area contributed by atoms with Crippen LogP contribution in [0.5, 0.6) is 0 Å². The number of aromatic nitrogens is 2. The van der Waals surface area contributed by atoms with Gasteiger partial charge in [-0.1, -0.05) is 30.3 Å². The van der Waals surface area contributed by atoms with E-state index < -0.39 is 24.7 Å². The maximum absolute atomic E-state index is 12.5. The number of ether oxygens (including phenoxy) is 3. The fraction of sp³-hybridized carbons (Fsp3) is 0.353. The number of aliphatic hydroxyl groups excluding tert-OH is 1. The lowest BCUT2D eigenvalue weighted by atomic mass is 10.1. The average Bonchev–Trinajstić information content (AvgIpc) is 3.16. The van der Waals surface area contributed by atoms with Crippen molar-refractivity contribution in [3.05, 3.63) is 54.1 Å². The number of hydrogen-bond acceptors (Lipinski definition) is 7. The molecule has 132 valence electrons. The molecule has 1 atom stereocenters. The molecule has 3 rings (SSSR count). The van der Waals surface area contributed by atoms with Crippen molar-refractivity contribution in [1.82, 2.24) is 9.55 Å². The quantitative estimate of drug-likeness (QED) is 0.632. The van der Waals surface area contributed by atoms with Crippen LogP contribution in [0.3, 0.4) is 0 Å². The van der Waals surface area contributed by atoms with E-state index in [9.17, 15) is 9.59 Å². The van der Waals surface area contributed by atoms with Crippen LogP contribution in [0, 0.1) is 0 Å². The number of nitrogens with zero attached hydrogens (tertiary/aromatic N) is 2. The number of esters is 1. The van der Waals surface area contributed by atoms with E-state index in [-0.39, 0.29) is 11.7 Å². The van der Waals surface area contributed by atoms with Crippen LogP contribution in [0.2, 0.25) is 0 Å². The predicted octanol–water partition coefficient (Wildman–Crippen LogP) is 2.24. The smallest absolute Gasteiger partial charge is 0.418 e. The van der Waals surface area contributed by atoms with Crippen LogP contribution in [0.25, 0.3) is 0 Å². The van der Waals surface area contributed by atoms with Gasteiger partial charge in [-0.15, -0.1) is 0 Å². The Bertz CT molecular complexity index is 754. The second kappa shape index (κ2) is 6.94. The van der Waals surface area contributed by atoms with Gasteiger partial charge in [-0.2, -0.15) is 0 Å². The maximum Gasteiger partial charge on any atom is 0.513 e. The number of rotatable bonds is 6. The Morgan fingerprint density at radius 3 is 2.64 bits per heavy atom. The molecule has 0 radical (unpaired) electrons. The van der Waals surface area contributed by atoms with Crippen molar-refractivity contribution >= 4 is 12.1 Å². The Morgan fingerprint density at radius 2 is 2.00 bits per heavy atom. The molecule has 1 aromatic heterocycles. The van der Waals surface area contributed by atoms with Crippen LogP contribution in [-0.2, 0) is 14.2 Å². The summed E-state index contributed by atoms with van der Waals surface area (Å²) in [7, 11) is 0. The molecule has 0 unspecified atom stereocenters. The molecule has 8 nitrogen and oxygen atoms in total. The van der Waals surface area contributed by atoms with Gasteiger partial charge in [0, 0.05) is 12.8 Å². The van der Waals surface area contributed by atoms with Crippen molar-refractivity contribution in [3.8, 4) is 0 Å². The summed E-state index contributed by atoms with van der Waals surface area (Å²) in [5.41, 5.74) is 1.26. The number of carbonyl (C=O) groups is 2. The SMILES string of the molecule is C[C@H](c1ccccc1)n1cncc1C(=O)OC1(OC(=O)OCO)CC1. The van der Waals surface area contributed by atoms with E-state index in [2.05, 4.69) is 9.72 Å². The lowest BCUT2D eigenvalue weighted by molar-refractivity contribution is -0.121. The summed E-state index contributed by atoms with van der Waals surface area (Å²) in [6.07, 6.45) is 2.63. The number of imidazole rings is 1. The van der Waals surface area contributed by atoms with Crippen LogP contribution in [0.15, 0.2) is 42.9 Å². The molecule has 0 saturated heterocycles. The summed E-state index contributed by atoms with van der Waals surface area (Å²) in [6, 6.07) is 9.54. The Balaban J connectivity index is 1.72. The van der Waals surface area contributed by atoms with E-state index in [0.717, 1.165) is 5.56 Å². The number of carbonyl (C=O) groups excluding carboxylic acids is 2. The van der Waals surface area contributed by atoms with Crippen molar-refractivity contribution in [2.75, 3.05) is 6.79 Å². The fourth-order valence-corrected chi connectivity index (χ4v) is 2.45. The second-order valence-corrected chi connectivity index (χ2v) is 5.70. The summed E-state index contributed by atoms with van der Waals surface area (Å²) in [4.78, 5) is 27.8. The van der Waals surface area contributed by atoms with Crippen LogP contribution in [0.1, 0.15) is 41.9 Å². The molecule has 1 N–H and O–H groups in total. The molecule has 2 aromatic rings. The summed E-state index contributed by atoms with van der Waals surface area (Å²) in [5, 5.41) is 8.55. The minimum Gasteiger partial charge on any atom is -0.418 e. The first kappa shape index (κ1) is 17.0. The first-order chi connectivity index (χ1) is 12.0. The minimum absolute atomic E-state index is 0.123. The zero-order valence-electron chi connectivity index (χ0n) is 13.6. The highest BCUT2D eigenvalue weighted by molar-refractivity contribution is 5.88. The molecule has 1 aliphatic carbocycles. The minimum atomic E-state index is -1.32. The third-order valence-electron chi connectivity index (χ3n) is 3.96. The molecule has 1 aliphatic rings. The number of benzene rings is 1. The van der Waals surface area contributed by atoms with E-state index in [1.54, 1.807) is 10.9 Å². The summed E-state index contributed by atoms with van der Waals surface area (Å²) in [6.45, 7) is 1.14. The van der Waals surface area contributed by atoms with Crippen molar-refractivity contribution in [3.63, 3.8) is 0 Å². The highest BCUT2D eigenvalue weighted by Crippen LogP contribution is 2.41. The topological polar surface area (TPSA) is 99.9 Å². The zero-order valence-corrected chi connectivity index (χ0v) is 13.6. The highest BCUT2D eigenvalue weighted by atomic mass is 16.8. The monoisotopic (exact) mass is 346 g/mol. The fourth-order valence-electron chi connectivity index (χ4n) is 2.45. The lowest BCUT2D eigenvalue weighted by Gasteiger charge is -2.19. The van der Waals surface area contributed by atoms with Gasteiger partial charge in [-0.05, 0) is 12.5 Å². The van der Waals surface area contributed by atoms with Crippen molar-refractivity contribution in [1.29, 1.82) is 0 Å². The summed E-state index contributed by atoms with van der Waals surface area (Å²) >= 11 is 0. The van der Waals surface area contributed by atoms with Gasteiger partial charge in [0.05, 0.1) is 18.6 Å². The van der Waals surface area contributed by atoms with E-state index in [4.69, 9.17) is 14.6 Å². The summed E-state index contributed by atoms with van der Waals surface area (Å²) in [5.74, 6) is -1.97. The van der Waals surface area contributed by atoms with Crippen LogP contribution in [0.4, 0.5) is 4.79 Å². The van der Waals surface area contributed by atoms with Crippen LogP contribution < -0.4 is 0 Å². The normalized spacial score (nSPS) is 15.9. The Labute approximate surface area is 143 Å². The van der Waals surface area contributed by atoms with Gasteiger partial charge in [-0.25, -0.2) is 14.6 Å². The van der Waals surface area contributed by atoms with Crippen molar-refractivity contribution in [2.45, 2.75) is 31.6 Å². The molecule has 0 spiro atoms. The Kier molecular flexibility index (Phi) is 4.71. The van der Waals surface area contributed by atoms with Crippen LogP contribution in [-0.4, -0.2) is 39.4 Å². The number of aliphatic hydroxyl groups is 1. The lowest BCUT2D eigenvalue weighted by Crippen LogP contribution is -2.28. The first-order valence-electron chi connectivity index (χ1n) is 7.81. The molecule has 1 aromatic carbocycles. The van der Waals surface area contributed by atoms with Gasteiger partial charge in [0.1, 0.15) is 5.69 Å². The van der Waals surface area contributed by atoms with Gasteiger partial charge in [0.25, 0.3) is 5.79 Å². The standard InChI is InChI=1S/C17H18N2O6/c1-12(13-5-3-2-4-6-13)19-10-18-9-14(19)15(21)24-17(7-8-17)25-16(22)23-11-20/h2-6,9-10,12,20H,7-8,11H2,1H3/t12-/m1/s1. The molecule has 8 heteroatoms. The van der Waals surface area contributed by atoms with Gasteiger partial charge < -0.3 is 23.9 Å². The molecule has 0 amide bonds. The largest absolute Gasteiger partial charge is 0.513 e. The van der Waals surface area contributed by atoms with E-state index in [1.807, 2.05) is 37.3 Å². The molecule has 1 heterocycles. The average molecular weight is 346 g/mol. The van der Waals surface area contributed by atoms with Gasteiger partial charge in [0.15, 0.2) is 6.79 Å².